The quantitative estimate of drug-likeness (QED) is 0.924. The number of anilines is 1. The van der Waals surface area contributed by atoms with Gasteiger partial charge in [0.15, 0.2) is 0 Å². The average molecular weight is 286 g/mol. The second-order valence-electron chi connectivity index (χ2n) is 3.40. The number of nitrogens with zero attached hydrogens (tertiary/aromatic N) is 2. The van der Waals surface area contributed by atoms with Gasteiger partial charge in [-0.1, -0.05) is 0 Å². The lowest BCUT2D eigenvalue weighted by atomic mass is 10.2. The summed E-state index contributed by atoms with van der Waals surface area (Å²) >= 11 is 3.33. The summed E-state index contributed by atoms with van der Waals surface area (Å²) in [4.78, 5) is 17.9. The standard InChI is InChI=1S/C11H16BrN3O/c1-4-13-10-9(6-8(12)7-14-10)11(16)15(3)5-2/h6-7H,4-5H2,1-3H3,(H,13,14). The van der Waals surface area contributed by atoms with E-state index < -0.39 is 0 Å². The smallest absolute Gasteiger partial charge is 0.257 e. The van der Waals surface area contributed by atoms with Crippen LogP contribution in [0.3, 0.4) is 0 Å². The molecule has 16 heavy (non-hydrogen) atoms. The van der Waals surface area contributed by atoms with Crippen LogP contribution < -0.4 is 5.32 Å². The number of hydrogen-bond donors (Lipinski definition) is 1. The zero-order valence-electron chi connectivity index (χ0n) is 9.75. The number of nitrogens with one attached hydrogen (secondary N) is 1. The highest BCUT2D eigenvalue weighted by atomic mass is 79.9. The van der Waals surface area contributed by atoms with Crippen molar-refractivity contribution < 1.29 is 4.79 Å². The summed E-state index contributed by atoms with van der Waals surface area (Å²) < 4.78 is 0.807. The highest BCUT2D eigenvalue weighted by molar-refractivity contribution is 9.10. The first-order valence-electron chi connectivity index (χ1n) is 5.25. The molecule has 1 heterocycles. The molecule has 0 aliphatic heterocycles. The molecule has 1 rings (SSSR count). The predicted molar refractivity (Wildman–Crippen MR) is 68.7 cm³/mol. The van der Waals surface area contributed by atoms with Crippen LogP contribution >= 0.6 is 15.9 Å². The Labute approximate surface area is 104 Å². The van der Waals surface area contributed by atoms with Crippen LogP contribution in [0.2, 0.25) is 0 Å². The van der Waals surface area contributed by atoms with Crippen LogP contribution in [0.1, 0.15) is 24.2 Å². The summed E-state index contributed by atoms with van der Waals surface area (Å²) in [5.41, 5.74) is 0.598. The van der Waals surface area contributed by atoms with Gasteiger partial charge in [0, 0.05) is 30.8 Å². The van der Waals surface area contributed by atoms with E-state index in [0.29, 0.717) is 17.9 Å². The molecule has 1 amide bonds. The maximum absolute atomic E-state index is 12.0. The fraction of sp³-hybridized carbons (Fsp3) is 0.455. The monoisotopic (exact) mass is 285 g/mol. The van der Waals surface area contributed by atoms with Crippen LogP contribution in [0.15, 0.2) is 16.7 Å². The molecule has 1 aromatic heterocycles. The van der Waals surface area contributed by atoms with Gasteiger partial charge in [-0.3, -0.25) is 4.79 Å². The molecule has 88 valence electrons. The molecule has 0 saturated carbocycles. The van der Waals surface area contributed by atoms with E-state index in [0.717, 1.165) is 11.0 Å². The van der Waals surface area contributed by atoms with E-state index in [1.54, 1.807) is 24.2 Å². The maximum atomic E-state index is 12.0. The summed E-state index contributed by atoms with van der Waals surface area (Å²) in [5.74, 6) is 0.614. The molecule has 0 bridgehead atoms. The predicted octanol–water partition coefficient (Wildman–Crippen LogP) is 2.37. The lowest BCUT2D eigenvalue weighted by molar-refractivity contribution is 0.0803. The van der Waals surface area contributed by atoms with Crippen molar-refractivity contribution in [2.75, 3.05) is 25.5 Å². The van der Waals surface area contributed by atoms with Crippen molar-refractivity contribution in [1.82, 2.24) is 9.88 Å². The third-order valence-corrected chi connectivity index (χ3v) is 2.68. The summed E-state index contributed by atoms with van der Waals surface area (Å²) in [6, 6.07) is 1.79. The molecule has 0 aliphatic carbocycles. The van der Waals surface area contributed by atoms with Crippen LogP contribution in [0.5, 0.6) is 0 Å². The van der Waals surface area contributed by atoms with Gasteiger partial charge in [0.05, 0.1) is 5.56 Å². The number of aromatic nitrogens is 1. The first-order chi connectivity index (χ1) is 7.60. The summed E-state index contributed by atoms with van der Waals surface area (Å²) in [7, 11) is 1.78. The molecule has 0 unspecified atom stereocenters. The van der Waals surface area contributed by atoms with Gasteiger partial charge in [0.25, 0.3) is 5.91 Å². The van der Waals surface area contributed by atoms with E-state index in [9.17, 15) is 4.79 Å². The second kappa shape index (κ2) is 5.84. The van der Waals surface area contributed by atoms with E-state index >= 15 is 0 Å². The van der Waals surface area contributed by atoms with Gasteiger partial charge in [0.1, 0.15) is 5.82 Å². The largest absolute Gasteiger partial charge is 0.370 e. The van der Waals surface area contributed by atoms with Crippen molar-refractivity contribution in [2.45, 2.75) is 13.8 Å². The van der Waals surface area contributed by atoms with E-state index in [1.807, 2.05) is 13.8 Å². The molecular formula is C11H16BrN3O. The van der Waals surface area contributed by atoms with E-state index in [4.69, 9.17) is 0 Å². The van der Waals surface area contributed by atoms with Crippen LogP contribution in [0, 0.1) is 0 Å². The molecule has 4 nitrogen and oxygen atoms in total. The van der Waals surface area contributed by atoms with E-state index in [2.05, 4.69) is 26.2 Å². The van der Waals surface area contributed by atoms with Crippen molar-refractivity contribution in [3.63, 3.8) is 0 Å². The maximum Gasteiger partial charge on any atom is 0.257 e. The molecule has 0 aliphatic rings. The Morgan fingerprint density at radius 3 is 2.81 bits per heavy atom. The zero-order chi connectivity index (χ0) is 12.1. The minimum atomic E-state index is -0.0211. The molecule has 0 fully saturated rings. The van der Waals surface area contributed by atoms with Gasteiger partial charge in [-0.05, 0) is 35.8 Å². The number of rotatable bonds is 4. The molecule has 1 N–H and O–H groups in total. The van der Waals surface area contributed by atoms with Gasteiger partial charge in [-0.2, -0.15) is 0 Å². The van der Waals surface area contributed by atoms with Crippen molar-refractivity contribution in [2.24, 2.45) is 0 Å². The van der Waals surface area contributed by atoms with Gasteiger partial charge in [-0.15, -0.1) is 0 Å². The number of carbonyl (C=O) groups is 1. The minimum absolute atomic E-state index is 0.0211. The molecule has 5 heteroatoms. The lowest BCUT2D eigenvalue weighted by Gasteiger charge is -2.17. The lowest BCUT2D eigenvalue weighted by Crippen LogP contribution is -2.27. The number of halogens is 1. The SMILES string of the molecule is CCNc1ncc(Br)cc1C(=O)N(C)CC. The highest BCUT2D eigenvalue weighted by Crippen LogP contribution is 2.19. The Bertz CT molecular complexity index is 381. The van der Waals surface area contributed by atoms with Gasteiger partial charge >= 0.3 is 0 Å². The van der Waals surface area contributed by atoms with Gasteiger partial charge in [0.2, 0.25) is 0 Å². The van der Waals surface area contributed by atoms with Gasteiger partial charge in [-0.25, -0.2) is 4.98 Å². The fourth-order valence-corrected chi connectivity index (χ4v) is 1.59. The molecule has 0 atom stereocenters. The molecule has 1 aromatic rings. The first-order valence-corrected chi connectivity index (χ1v) is 6.04. The van der Waals surface area contributed by atoms with Crippen molar-refractivity contribution in [1.29, 1.82) is 0 Å². The average Bonchev–Trinajstić information content (AvgIpc) is 2.29. The topological polar surface area (TPSA) is 45.2 Å². The van der Waals surface area contributed by atoms with Crippen LogP contribution in [-0.2, 0) is 0 Å². The summed E-state index contributed by atoms with van der Waals surface area (Å²) in [6.07, 6.45) is 1.68. The number of hydrogen-bond acceptors (Lipinski definition) is 3. The van der Waals surface area contributed by atoms with Crippen molar-refractivity contribution >= 4 is 27.7 Å². The van der Waals surface area contributed by atoms with E-state index in [-0.39, 0.29) is 5.91 Å². The minimum Gasteiger partial charge on any atom is -0.370 e. The van der Waals surface area contributed by atoms with Crippen LogP contribution in [0.4, 0.5) is 5.82 Å². The molecule has 0 spiro atoms. The molecule has 0 aromatic carbocycles. The first kappa shape index (κ1) is 13.0. The van der Waals surface area contributed by atoms with Crippen LogP contribution in [-0.4, -0.2) is 35.9 Å². The van der Waals surface area contributed by atoms with Gasteiger partial charge < -0.3 is 10.2 Å². The molecular weight excluding hydrogens is 270 g/mol. The Balaban J connectivity index is 3.08. The highest BCUT2D eigenvalue weighted by Gasteiger charge is 2.15. The number of carbonyl (C=O) groups excluding carboxylic acids is 1. The van der Waals surface area contributed by atoms with Crippen LogP contribution in [0.25, 0.3) is 0 Å². The second-order valence-corrected chi connectivity index (χ2v) is 4.32. The molecule has 0 saturated heterocycles. The Morgan fingerprint density at radius 1 is 1.56 bits per heavy atom. The number of pyridine rings is 1. The Hall–Kier alpha value is -1.10. The van der Waals surface area contributed by atoms with Crippen molar-refractivity contribution in [3.05, 3.63) is 22.3 Å². The van der Waals surface area contributed by atoms with E-state index in [1.165, 1.54) is 0 Å². The Morgan fingerprint density at radius 2 is 2.25 bits per heavy atom. The normalized spacial score (nSPS) is 10.0. The third kappa shape index (κ3) is 2.95. The number of amides is 1. The van der Waals surface area contributed by atoms with Crippen molar-refractivity contribution in [3.8, 4) is 0 Å². The third-order valence-electron chi connectivity index (χ3n) is 2.25. The zero-order valence-corrected chi connectivity index (χ0v) is 11.3. The summed E-state index contributed by atoms with van der Waals surface area (Å²) in [6.45, 7) is 5.33. The Kier molecular flexibility index (Phi) is 4.73. The molecule has 0 radical (unpaired) electrons. The fourth-order valence-electron chi connectivity index (χ4n) is 1.26. The summed E-state index contributed by atoms with van der Waals surface area (Å²) in [5, 5.41) is 3.08.